The fourth-order valence-electron chi connectivity index (χ4n) is 1.91. The summed E-state index contributed by atoms with van der Waals surface area (Å²) in [5.74, 6) is 0.361. The topological polar surface area (TPSA) is 52.4 Å². The molecule has 0 atom stereocenters. The molecular formula is C12H10N6S. The van der Waals surface area contributed by atoms with E-state index in [-0.39, 0.29) is 0 Å². The lowest BCUT2D eigenvalue weighted by molar-refractivity contribution is 0.768. The van der Waals surface area contributed by atoms with Crippen LogP contribution in [0.4, 0.5) is 5.82 Å². The molecule has 3 rings (SSSR count). The smallest absolute Gasteiger partial charge is 0.287 e. The molecule has 7 heteroatoms. The molecule has 0 unspecified atom stereocenters. The molecule has 3 aromatic rings. The minimum absolute atomic E-state index is 0.361. The molecule has 0 aromatic carbocycles. The molecule has 3 heterocycles. The number of hydrogen-bond acceptors (Lipinski definition) is 4. The molecule has 0 bridgehead atoms. The van der Waals surface area contributed by atoms with E-state index in [0.717, 1.165) is 21.9 Å². The summed E-state index contributed by atoms with van der Waals surface area (Å²) in [6.07, 6.45) is 9.10. The number of hydrogen-bond donors (Lipinski definition) is 0. The molecule has 0 radical (unpaired) electrons. The van der Waals surface area contributed by atoms with Crippen LogP contribution in [0, 0.1) is 6.57 Å². The fourth-order valence-corrected chi connectivity index (χ4v) is 2.42. The maximum atomic E-state index is 7.13. The van der Waals surface area contributed by atoms with Gasteiger partial charge in [-0.3, -0.25) is 4.68 Å². The molecule has 0 aliphatic heterocycles. The molecule has 6 nitrogen and oxygen atoms in total. The number of aryl methyl sites for hydroxylation is 1. The number of imidazole rings is 1. The first-order chi connectivity index (χ1) is 9.22. The molecule has 0 aliphatic rings. The van der Waals surface area contributed by atoms with Gasteiger partial charge < -0.3 is 9.25 Å². The van der Waals surface area contributed by atoms with Gasteiger partial charge in [-0.15, -0.1) is 4.98 Å². The zero-order valence-corrected chi connectivity index (χ0v) is 11.2. The first-order valence-corrected chi connectivity index (χ1v) is 6.74. The van der Waals surface area contributed by atoms with Gasteiger partial charge in [0.15, 0.2) is 5.65 Å². The average molecular weight is 270 g/mol. The minimum Gasteiger partial charge on any atom is -0.359 e. The Hall–Kier alpha value is -2.33. The molecule has 0 aliphatic carbocycles. The number of fused-ring (bicyclic) bond motifs is 1. The van der Waals surface area contributed by atoms with Crippen molar-refractivity contribution in [2.45, 2.75) is 5.03 Å². The summed E-state index contributed by atoms with van der Waals surface area (Å²) in [5, 5.41) is 4.91. The van der Waals surface area contributed by atoms with Crippen molar-refractivity contribution >= 4 is 23.2 Å². The molecule has 0 saturated heterocycles. The van der Waals surface area contributed by atoms with Gasteiger partial charge in [-0.05, 0) is 6.26 Å². The van der Waals surface area contributed by atoms with Crippen LogP contribution in [0.25, 0.3) is 21.7 Å². The van der Waals surface area contributed by atoms with Gasteiger partial charge in [0.25, 0.3) is 5.82 Å². The van der Waals surface area contributed by atoms with E-state index in [9.17, 15) is 0 Å². The Labute approximate surface area is 113 Å². The largest absolute Gasteiger partial charge is 0.359 e. The summed E-state index contributed by atoms with van der Waals surface area (Å²) in [4.78, 5) is 12.0. The van der Waals surface area contributed by atoms with Crippen LogP contribution in [0.2, 0.25) is 0 Å². The number of nitrogens with zero attached hydrogens (tertiary/aromatic N) is 6. The van der Waals surface area contributed by atoms with E-state index in [0.29, 0.717) is 5.82 Å². The number of thioether (sulfide) groups is 1. The molecule has 0 fully saturated rings. The Balaban J connectivity index is 2.30. The van der Waals surface area contributed by atoms with Crippen molar-refractivity contribution in [2.24, 2.45) is 7.05 Å². The van der Waals surface area contributed by atoms with Crippen molar-refractivity contribution in [1.82, 2.24) is 24.1 Å². The summed E-state index contributed by atoms with van der Waals surface area (Å²) in [5.41, 5.74) is 2.63. The zero-order chi connectivity index (χ0) is 13.4. The van der Waals surface area contributed by atoms with Crippen LogP contribution >= 0.6 is 11.8 Å². The van der Waals surface area contributed by atoms with Crippen molar-refractivity contribution in [3.63, 3.8) is 0 Å². The van der Waals surface area contributed by atoms with Gasteiger partial charge >= 0.3 is 0 Å². The van der Waals surface area contributed by atoms with Crippen molar-refractivity contribution in [3.05, 3.63) is 36.2 Å². The number of aromatic nitrogens is 5. The van der Waals surface area contributed by atoms with Gasteiger partial charge in [-0.25, -0.2) is 4.98 Å². The summed E-state index contributed by atoms with van der Waals surface area (Å²) < 4.78 is 3.63. The molecule has 0 saturated carbocycles. The van der Waals surface area contributed by atoms with Gasteiger partial charge in [-0.2, -0.15) is 5.10 Å². The monoisotopic (exact) mass is 270 g/mol. The molecule has 3 aromatic heterocycles. The van der Waals surface area contributed by atoms with Crippen LogP contribution in [0.1, 0.15) is 0 Å². The lowest BCUT2D eigenvalue weighted by atomic mass is 10.3. The van der Waals surface area contributed by atoms with E-state index in [1.54, 1.807) is 23.3 Å². The zero-order valence-electron chi connectivity index (χ0n) is 10.4. The molecule has 19 heavy (non-hydrogen) atoms. The highest BCUT2D eigenvalue weighted by atomic mass is 32.2. The predicted molar refractivity (Wildman–Crippen MR) is 73.2 cm³/mol. The van der Waals surface area contributed by atoms with Gasteiger partial charge in [0, 0.05) is 25.0 Å². The Morgan fingerprint density at radius 2 is 2.16 bits per heavy atom. The molecule has 94 valence electrons. The third-order valence-corrected chi connectivity index (χ3v) is 3.42. The van der Waals surface area contributed by atoms with E-state index in [2.05, 4.69) is 19.9 Å². The quantitative estimate of drug-likeness (QED) is 0.530. The predicted octanol–water partition coefficient (Wildman–Crippen LogP) is 2.40. The molecule has 0 N–H and O–H groups in total. The van der Waals surface area contributed by atoms with E-state index < -0.39 is 0 Å². The van der Waals surface area contributed by atoms with E-state index in [4.69, 9.17) is 6.57 Å². The van der Waals surface area contributed by atoms with Crippen molar-refractivity contribution in [3.8, 4) is 11.3 Å². The van der Waals surface area contributed by atoms with Crippen molar-refractivity contribution in [2.75, 3.05) is 6.26 Å². The Bertz CT molecular complexity index is 794. The first-order valence-electron chi connectivity index (χ1n) is 5.51. The summed E-state index contributed by atoms with van der Waals surface area (Å²) >= 11 is 1.48. The Morgan fingerprint density at radius 1 is 1.32 bits per heavy atom. The van der Waals surface area contributed by atoms with E-state index in [1.165, 1.54) is 11.8 Å². The van der Waals surface area contributed by atoms with Crippen molar-refractivity contribution in [1.29, 1.82) is 0 Å². The van der Waals surface area contributed by atoms with Crippen LogP contribution in [0.5, 0.6) is 0 Å². The number of rotatable bonds is 2. The second kappa shape index (κ2) is 4.40. The maximum Gasteiger partial charge on any atom is 0.287 e. The van der Waals surface area contributed by atoms with Gasteiger partial charge in [0.05, 0.1) is 18.1 Å². The lowest BCUT2D eigenvalue weighted by Crippen LogP contribution is -1.92. The average Bonchev–Trinajstić information content (AvgIpc) is 3.03. The third-order valence-electron chi connectivity index (χ3n) is 2.76. The Morgan fingerprint density at radius 3 is 2.79 bits per heavy atom. The van der Waals surface area contributed by atoms with E-state index in [1.807, 2.05) is 23.9 Å². The highest BCUT2D eigenvalue weighted by Crippen LogP contribution is 2.27. The van der Waals surface area contributed by atoms with Gasteiger partial charge in [0.2, 0.25) is 5.03 Å². The van der Waals surface area contributed by atoms with E-state index >= 15 is 0 Å². The van der Waals surface area contributed by atoms with Crippen LogP contribution in [0.15, 0.2) is 29.8 Å². The third kappa shape index (κ3) is 1.86. The lowest BCUT2D eigenvalue weighted by Gasteiger charge is -2.01. The standard InChI is InChI=1S/C12H10N6S/c1-13-10-7-18-9(8-4-15-17(2)6-8)5-14-11(18)12(16-10)19-3/h4-7H,2-3H3. The summed E-state index contributed by atoms with van der Waals surface area (Å²) in [7, 11) is 1.87. The van der Waals surface area contributed by atoms with Crippen LogP contribution in [-0.4, -0.2) is 30.4 Å². The first kappa shape index (κ1) is 11.7. The second-order valence-electron chi connectivity index (χ2n) is 3.96. The second-order valence-corrected chi connectivity index (χ2v) is 4.75. The van der Waals surface area contributed by atoms with Crippen LogP contribution < -0.4 is 0 Å². The summed E-state index contributed by atoms with van der Waals surface area (Å²) in [6.45, 7) is 7.13. The highest BCUT2D eigenvalue weighted by Gasteiger charge is 2.15. The van der Waals surface area contributed by atoms with Crippen LogP contribution in [0.3, 0.4) is 0 Å². The Kier molecular flexibility index (Phi) is 2.72. The SMILES string of the molecule is [C-]#[N+]c1cn2c(-c3cnn(C)c3)cnc2c(SC)n1. The van der Waals surface area contributed by atoms with Crippen LogP contribution in [-0.2, 0) is 7.05 Å². The molecular weight excluding hydrogens is 260 g/mol. The maximum absolute atomic E-state index is 7.13. The highest BCUT2D eigenvalue weighted by molar-refractivity contribution is 7.98. The fraction of sp³-hybridized carbons (Fsp3) is 0.167. The molecule has 0 amide bonds. The van der Waals surface area contributed by atoms with Gasteiger partial charge in [-0.1, -0.05) is 18.3 Å². The minimum atomic E-state index is 0.361. The summed E-state index contributed by atoms with van der Waals surface area (Å²) in [6, 6.07) is 0. The normalized spacial score (nSPS) is 10.8. The molecule has 0 spiro atoms. The van der Waals surface area contributed by atoms with Crippen molar-refractivity contribution < 1.29 is 0 Å². The van der Waals surface area contributed by atoms with Gasteiger partial charge in [0.1, 0.15) is 0 Å².